The zero-order valence-corrected chi connectivity index (χ0v) is 11.7. The van der Waals surface area contributed by atoms with Crippen LogP contribution in [0.25, 0.3) is 0 Å². The van der Waals surface area contributed by atoms with Gasteiger partial charge in [0.15, 0.2) is 17.7 Å². The molecule has 1 rings (SSSR count). The van der Waals surface area contributed by atoms with E-state index in [0.29, 0.717) is 0 Å². The number of nitrogens with one attached hydrogen (secondary N) is 1. The maximum atomic E-state index is 13.4. The summed E-state index contributed by atoms with van der Waals surface area (Å²) in [6.45, 7) is 4.89. The van der Waals surface area contributed by atoms with E-state index in [9.17, 15) is 14.0 Å². The summed E-state index contributed by atoms with van der Waals surface area (Å²) in [7, 11) is 0. The second kappa shape index (κ2) is 7.47. The number of hydrogen-bond acceptors (Lipinski definition) is 4. The fraction of sp³-hybridized carbons (Fsp3) is 0.429. The van der Waals surface area contributed by atoms with E-state index in [-0.39, 0.29) is 12.4 Å². The van der Waals surface area contributed by atoms with E-state index in [2.05, 4.69) is 5.32 Å². The number of carbonyl (C=O) groups is 2. The van der Waals surface area contributed by atoms with Crippen molar-refractivity contribution in [1.82, 2.24) is 5.32 Å². The number of amides is 1. The normalized spacial score (nSPS) is 13.2. The van der Waals surface area contributed by atoms with Gasteiger partial charge in [-0.15, -0.1) is 0 Å². The maximum Gasteiger partial charge on any atom is 0.328 e. The monoisotopic (exact) mass is 283 g/mol. The number of benzene rings is 1. The van der Waals surface area contributed by atoms with E-state index < -0.39 is 29.8 Å². The number of esters is 1. The minimum absolute atomic E-state index is 0.0149. The van der Waals surface area contributed by atoms with Gasteiger partial charge in [0.25, 0.3) is 5.91 Å². The van der Waals surface area contributed by atoms with Gasteiger partial charge in [-0.25, -0.2) is 9.18 Å². The van der Waals surface area contributed by atoms with E-state index in [0.717, 1.165) is 0 Å². The molecular formula is C14H18FNO4. The largest absolute Gasteiger partial charge is 0.478 e. The first kappa shape index (κ1) is 15.9. The van der Waals surface area contributed by atoms with Gasteiger partial charge in [0.05, 0.1) is 6.61 Å². The standard InChI is InChI=1S/C14H18FNO4/c1-4-19-14(18)9(2)16-13(17)10(3)20-12-8-6-5-7-11(12)15/h5-10H,4H2,1-3H3,(H,16,17). The lowest BCUT2D eigenvalue weighted by Gasteiger charge is -2.18. The van der Waals surface area contributed by atoms with Crippen molar-refractivity contribution in [2.75, 3.05) is 6.61 Å². The molecule has 1 N–H and O–H groups in total. The SMILES string of the molecule is CCOC(=O)C(C)NC(=O)C(C)Oc1ccccc1F. The number of ether oxygens (including phenoxy) is 2. The van der Waals surface area contributed by atoms with Gasteiger partial charge >= 0.3 is 5.97 Å². The third kappa shape index (κ3) is 4.53. The van der Waals surface area contributed by atoms with Crippen LogP contribution in [0.5, 0.6) is 5.75 Å². The summed E-state index contributed by atoms with van der Waals surface area (Å²) >= 11 is 0. The van der Waals surface area contributed by atoms with Crippen LogP contribution >= 0.6 is 0 Å². The molecule has 0 fully saturated rings. The molecule has 1 aromatic rings. The van der Waals surface area contributed by atoms with Crippen molar-refractivity contribution >= 4 is 11.9 Å². The fourth-order valence-electron chi connectivity index (χ4n) is 1.44. The van der Waals surface area contributed by atoms with Gasteiger partial charge in [-0.3, -0.25) is 4.79 Å². The Labute approximate surface area is 117 Å². The lowest BCUT2D eigenvalue weighted by Crippen LogP contribution is -2.45. The smallest absolute Gasteiger partial charge is 0.328 e. The molecule has 0 aliphatic rings. The Hall–Kier alpha value is -2.11. The summed E-state index contributed by atoms with van der Waals surface area (Å²) in [5, 5.41) is 2.44. The molecular weight excluding hydrogens is 265 g/mol. The third-order valence-electron chi connectivity index (χ3n) is 2.51. The van der Waals surface area contributed by atoms with Crippen molar-refractivity contribution in [3.63, 3.8) is 0 Å². The van der Waals surface area contributed by atoms with Crippen LogP contribution < -0.4 is 10.1 Å². The van der Waals surface area contributed by atoms with Crippen LogP contribution in [0.4, 0.5) is 4.39 Å². The van der Waals surface area contributed by atoms with Crippen molar-refractivity contribution in [3.8, 4) is 5.75 Å². The Bertz CT molecular complexity index is 478. The Morgan fingerprint density at radius 2 is 1.95 bits per heavy atom. The zero-order valence-electron chi connectivity index (χ0n) is 11.7. The first-order chi connectivity index (χ1) is 9.45. The molecule has 0 saturated carbocycles. The molecule has 0 saturated heterocycles. The fourth-order valence-corrected chi connectivity index (χ4v) is 1.44. The van der Waals surface area contributed by atoms with Gasteiger partial charge in [-0.1, -0.05) is 12.1 Å². The maximum absolute atomic E-state index is 13.4. The molecule has 0 aromatic heterocycles. The molecule has 0 spiro atoms. The van der Waals surface area contributed by atoms with Gasteiger partial charge < -0.3 is 14.8 Å². The molecule has 0 heterocycles. The van der Waals surface area contributed by atoms with E-state index in [4.69, 9.17) is 9.47 Å². The minimum atomic E-state index is -0.927. The number of halogens is 1. The summed E-state index contributed by atoms with van der Waals surface area (Å²) < 4.78 is 23.3. The van der Waals surface area contributed by atoms with E-state index in [1.807, 2.05) is 0 Å². The Kier molecular flexibility index (Phi) is 5.96. The number of para-hydroxylation sites is 1. The molecule has 5 nitrogen and oxygen atoms in total. The van der Waals surface area contributed by atoms with Crippen LogP contribution in [0.1, 0.15) is 20.8 Å². The van der Waals surface area contributed by atoms with Gasteiger partial charge in [-0.2, -0.15) is 0 Å². The summed E-state index contributed by atoms with van der Waals surface area (Å²) in [6.07, 6.45) is -0.927. The highest BCUT2D eigenvalue weighted by Crippen LogP contribution is 2.16. The molecule has 1 aromatic carbocycles. The highest BCUT2D eigenvalue weighted by Gasteiger charge is 2.22. The minimum Gasteiger partial charge on any atom is -0.478 e. The molecule has 0 aliphatic heterocycles. The average molecular weight is 283 g/mol. The lowest BCUT2D eigenvalue weighted by molar-refractivity contribution is -0.147. The first-order valence-electron chi connectivity index (χ1n) is 6.34. The van der Waals surface area contributed by atoms with Crippen molar-refractivity contribution in [3.05, 3.63) is 30.1 Å². The first-order valence-corrected chi connectivity index (χ1v) is 6.34. The predicted octanol–water partition coefficient (Wildman–Crippen LogP) is 1.66. The molecule has 1 amide bonds. The highest BCUT2D eigenvalue weighted by molar-refractivity contribution is 5.86. The lowest BCUT2D eigenvalue weighted by atomic mass is 10.3. The third-order valence-corrected chi connectivity index (χ3v) is 2.51. The van der Waals surface area contributed by atoms with Crippen molar-refractivity contribution < 1.29 is 23.5 Å². The van der Waals surface area contributed by atoms with E-state index in [1.54, 1.807) is 13.0 Å². The molecule has 2 unspecified atom stereocenters. The van der Waals surface area contributed by atoms with E-state index in [1.165, 1.54) is 32.0 Å². The van der Waals surface area contributed by atoms with Gasteiger partial charge in [0, 0.05) is 0 Å². The summed E-state index contributed by atoms with van der Waals surface area (Å²) in [5.41, 5.74) is 0. The van der Waals surface area contributed by atoms with Crippen LogP contribution in [0.2, 0.25) is 0 Å². The molecule has 0 aliphatic carbocycles. The van der Waals surface area contributed by atoms with Crippen LogP contribution in [0, 0.1) is 5.82 Å². The van der Waals surface area contributed by atoms with Crippen LogP contribution in [-0.4, -0.2) is 30.6 Å². The Morgan fingerprint density at radius 1 is 1.30 bits per heavy atom. The quantitative estimate of drug-likeness (QED) is 0.806. The molecule has 0 radical (unpaired) electrons. The summed E-state index contributed by atoms with van der Waals surface area (Å²) in [4.78, 5) is 23.2. The Morgan fingerprint density at radius 3 is 2.55 bits per heavy atom. The molecule has 110 valence electrons. The number of hydrogen-bond donors (Lipinski definition) is 1. The summed E-state index contributed by atoms with van der Waals surface area (Å²) in [6, 6.07) is 5.00. The molecule has 20 heavy (non-hydrogen) atoms. The number of rotatable bonds is 6. The van der Waals surface area contributed by atoms with Gasteiger partial charge in [0.1, 0.15) is 6.04 Å². The van der Waals surface area contributed by atoms with Crippen LogP contribution in [0.15, 0.2) is 24.3 Å². The molecule has 6 heteroatoms. The van der Waals surface area contributed by atoms with Crippen molar-refractivity contribution in [2.24, 2.45) is 0 Å². The molecule has 0 bridgehead atoms. The highest BCUT2D eigenvalue weighted by atomic mass is 19.1. The van der Waals surface area contributed by atoms with Crippen molar-refractivity contribution in [2.45, 2.75) is 32.9 Å². The molecule has 2 atom stereocenters. The topological polar surface area (TPSA) is 64.6 Å². The average Bonchev–Trinajstić information content (AvgIpc) is 2.41. The zero-order chi connectivity index (χ0) is 15.1. The van der Waals surface area contributed by atoms with Crippen molar-refractivity contribution in [1.29, 1.82) is 0 Å². The predicted molar refractivity (Wildman–Crippen MR) is 70.7 cm³/mol. The van der Waals surface area contributed by atoms with Gasteiger partial charge in [0.2, 0.25) is 0 Å². The number of carbonyl (C=O) groups excluding carboxylic acids is 2. The van der Waals surface area contributed by atoms with Gasteiger partial charge in [-0.05, 0) is 32.9 Å². The van der Waals surface area contributed by atoms with E-state index >= 15 is 0 Å². The second-order valence-electron chi connectivity index (χ2n) is 4.17. The van der Waals surface area contributed by atoms with Crippen LogP contribution in [0.3, 0.4) is 0 Å². The summed E-state index contributed by atoms with van der Waals surface area (Å²) in [5.74, 6) is -1.61. The van der Waals surface area contributed by atoms with Crippen LogP contribution in [-0.2, 0) is 14.3 Å². The Balaban J connectivity index is 2.55. The second-order valence-corrected chi connectivity index (χ2v) is 4.17.